The number of anilines is 2. The Morgan fingerprint density at radius 1 is 1.21 bits per heavy atom. The maximum absolute atomic E-state index is 12.0. The summed E-state index contributed by atoms with van der Waals surface area (Å²) < 4.78 is 0. The third-order valence-corrected chi connectivity index (χ3v) is 3.07. The molecule has 0 heterocycles. The lowest BCUT2D eigenvalue weighted by Gasteiger charge is -2.15. The molecule has 0 aliphatic rings. The molecular weight excluding hydrogens is 240 g/mol. The molecule has 104 valence electrons. The monoisotopic (exact) mass is 262 g/mol. The topological polar surface area (TPSA) is 58.2 Å². The first-order valence-corrected chi connectivity index (χ1v) is 6.63. The smallest absolute Gasteiger partial charge is 0.227 e. The summed E-state index contributed by atoms with van der Waals surface area (Å²) in [5.41, 5.74) is 2.35. The molecule has 1 unspecified atom stereocenters. The van der Waals surface area contributed by atoms with Crippen LogP contribution in [0.4, 0.5) is 11.4 Å². The molecule has 1 rings (SSSR count). The second-order valence-corrected chi connectivity index (χ2v) is 4.84. The summed E-state index contributed by atoms with van der Waals surface area (Å²) in [5, 5.41) is 5.67. The summed E-state index contributed by atoms with van der Waals surface area (Å²) in [6, 6.07) is 5.48. The maximum Gasteiger partial charge on any atom is 0.227 e. The van der Waals surface area contributed by atoms with Crippen LogP contribution in [0.3, 0.4) is 0 Å². The van der Waals surface area contributed by atoms with Crippen LogP contribution < -0.4 is 10.6 Å². The van der Waals surface area contributed by atoms with E-state index in [2.05, 4.69) is 17.6 Å². The molecule has 0 fully saturated rings. The Kier molecular flexibility index (Phi) is 5.55. The normalized spacial score (nSPS) is 11.8. The number of hydrogen-bond acceptors (Lipinski definition) is 2. The molecule has 2 amide bonds. The van der Waals surface area contributed by atoms with Gasteiger partial charge in [0.2, 0.25) is 11.8 Å². The molecule has 1 atom stereocenters. The van der Waals surface area contributed by atoms with Crippen LogP contribution in [-0.2, 0) is 9.59 Å². The van der Waals surface area contributed by atoms with Gasteiger partial charge in [-0.2, -0.15) is 0 Å². The average Bonchev–Trinajstić information content (AvgIpc) is 2.34. The number of benzene rings is 1. The zero-order chi connectivity index (χ0) is 14.4. The van der Waals surface area contributed by atoms with Gasteiger partial charge < -0.3 is 10.6 Å². The molecule has 0 aliphatic carbocycles. The lowest BCUT2D eigenvalue weighted by molar-refractivity contribution is -0.119. The van der Waals surface area contributed by atoms with Crippen LogP contribution in [-0.4, -0.2) is 11.8 Å². The van der Waals surface area contributed by atoms with Gasteiger partial charge in [-0.1, -0.05) is 26.3 Å². The van der Waals surface area contributed by atoms with Crippen molar-refractivity contribution in [3.63, 3.8) is 0 Å². The second-order valence-electron chi connectivity index (χ2n) is 4.84. The minimum Gasteiger partial charge on any atom is -0.326 e. The Labute approximate surface area is 114 Å². The number of rotatable bonds is 5. The molecule has 19 heavy (non-hydrogen) atoms. The van der Waals surface area contributed by atoms with Crippen molar-refractivity contribution in [2.24, 2.45) is 5.92 Å². The highest BCUT2D eigenvalue weighted by Gasteiger charge is 2.13. The molecule has 0 spiro atoms. The van der Waals surface area contributed by atoms with Gasteiger partial charge in [-0.15, -0.1) is 0 Å². The van der Waals surface area contributed by atoms with E-state index in [1.54, 1.807) is 0 Å². The third kappa shape index (κ3) is 4.39. The number of carbonyl (C=O) groups excluding carboxylic acids is 2. The van der Waals surface area contributed by atoms with Gasteiger partial charge in [-0.05, 0) is 31.0 Å². The standard InChI is InChI=1S/C15H22N2O2/c1-5-7-10(2)15(19)17-14-9-6-8-13(11(14)3)16-12(4)18/h6,8-10H,5,7H2,1-4H3,(H,16,18)(H,17,19). The van der Waals surface area contributed by atoms with Crippen molar-refractivity contribution in [3.05, 3.63) is 23.8 Å². The molecule has 2 N–H and O–H groups in total. The molecule has 4 nitrogen and oxygen atoms in total. The summed E-state index contributed by atoms with van der Waals surface area (Å²) in [5.74, 6) is -0.107. The van der Waals surface area contributed by atoms with Crippen LogP contribution >= 0.6 is 0 Å². The van der Waals surface area contributed by atoms with E-state index in [-0.39, 0.29) is 17.7 Å². The van der Waals surface area contributed by atoms with E-state index in [0.29, 0.717) is 0 Å². The predicted molar refractivity (Wildman–Crippen MR) is 78.2 cm³/mol. The van der Waals surface area contributed by atoms with E-state index >= 15 is 0 Å². The first-order valence-electron chi connectivity index (χ1n) is 6.63. The highest BCUT2D eigenvalue weighted by atomic mass is 16.2. The van der Waals surface area contributed by atoms with Crippen molar-refractivity contribution < 1.29 is 9.59 Å². The van der Waals surface area contributed by atoms with Gasteiger partial charge in [0.15, 0.2) is 0 Å². The predicted octanol–water partition coefficient (Wildman–Crippen LogP) is 3.33. The Morgan fingerprint density at radius 3 is 2.32 bits per heavy atom. The number of amides is 2. The van der Waals surface area contributed by atoms with Crippen LogP contribution in [0.15, 0.2) is 18.2 Å². The maximum atomic E-state index is 12.0. The summed E-state index contributed by atoms with van der Waals surface area (Å²) >= 11 is 0. The highest BCUT2D eigenvalue weighted by molar-refractivity contribution is 5.95. The van der Waals surface area contributed by atoms with E-state index in [1.165, 1.54) is 6.92 Å². The van der Waals surface area contributed by atoms with E-state index < -0.39 is 0 Å². The molecular formula is C15H22N2O2. The van der Waals surface area contributed by atoms with Crippen LogP contribution in [0.1, 0.15) is 39.2 Å². The van der Waals surface area contributed by atoms with E-state index in [4.69, 9.17) is 0 Å². The Bertz CT molecular complexity index is 469. The van der Waals surface area contributed by atoms with Gasteiger partial charge in [-0.3, -0.25) is 9.59 Å². The van der Waals surface area contributed by atoms with Crippen molar-refractivity contribution in [3.8, 4) is 0 Å². The third-order valence-electron chi connectivity index (χ3n) is 3.07. The minimum atomic E-state index is -0.120. The fourth-order valence-corrected chi connectivity index (χ4v) is 1.92. The van der Waals surface area contributed by atoms with Crippen LogP contribution in [0.5, 0.6) is 0 Å². The zero-order valence-corrected chi connectivity index (χ0v) is 12.0. The molecule has 0 saturated carbocycles. The van der Waals surface area contributed by atoms with Crippen LogP contribution in [0.25, 0.3) is 0 Å². The summed E-state index contributed by atoms with van der Waals surface area (Å²) in [4.78, 5) is 23.1. The van der Waals surface area contributed by atoms with E-state index in [1.807, 2.05) is 32.0 Å². The lowest BCUT2D eigenvalue weighted by Crippen LogP contribution is -2.21. The second kappa shape index (κ2) is 6.92. The van der Waals surface area contributed by atoms with Crippen molar-refractivity contribution in [1.82, 2.24) is 0 Å². The van der Waals surface area contributed by atoms with E-state index in [9.17, 15) is 9.59 Å². The van der Waals surface area contributed by atoms with Gasteiger partial charge in [0.1, 0.15) is 0 Å². The van der Waals surface area contributed by atoms with Crippen LogP contribution in [0, 0.1) is 12.8 Å². The number of hydrogen-bond donors (Lipinski definition) is 2. The minimum absolute atomic E-state index is 0.00572. The Morgan fingerprint density at radius 2 is 1.79 bits per heavy atom. The van der Waals surface area contributed by atoms with Crippen molar-refractivity contribution in [2.75, 3.05) is 10.6 Å². The van der Waals surface area contributed by atoms with Crippen molar-refractivity contribution in [2.45, 2.75) is 40.5 Å². The highest BCUT2D eigenvalue weighted by Crippen LogP contribution is 2.24. The molecule has 0 saturated heterocycles. The molecule has 4 heteroatoms. The summed E-state index contributed by atoms with van der Waals surface area (Å²) in [6.45, 7) is 7.33. The first kappa shape index (κ1) is 15.2. The SMILES string of the molecule is CCCC(C)C(=O)Nc1cccc(NC(C)=O)c1C. The fraction of sp³-hybridized carbons (Fsp3) is 0.467. The molecule has 0 aromatic heterocycles. The van der Waals surface area contributed by atoms with Gasteiger partial charge in [-0.25, -0.2) is 0 Å². The zero-order valence-electron chi connectivity index (χ0n) is 12.0. The largest absolute Gasteiger partial charge is 0.326 e. The average molecular weight is 262 g/mol. The molecule has 1 aromatic carbocycles. The number of nitrogens with one attached hydrogen (secondary N) is 2. The van der Waals surface area contributed by atoms with Gasteiger partial charge in [0, 0.05) is 24.2 Å². The Balaban J connectivity index is 2.84. The lowest BCUT2D eigenvalue weighted by atomic mass is 10.0. The first-order chi connectivity index (χ1) is 8.95. The fourth-order valence-electron chi connectivity index (χ4n) is 1.92. The summed E-state index contributed by atoms with van der Waals surface area (Å²) in [7, 11) is 0. The van der Waals surface area contributed by atoms with Gasteiger partial charge in [0.05, 0.1) is 0 Å². The van der Waals surface area contributed by atoms with E-state index in [0.717, 1.165) is 29.8 Å². The Hall–Kier alpha value is -1.84. The molecule has 1 aromatic rings. The number of carbonyl (C=O) groups is 2. The molecule has 0 bridgehead atoms. The molecule has 0 aliphatic heterocycles. The van der Waals surface area contributed by atoms with Crippen LogP contribution in [0.2, 0.25) is 0 Å². The molecule has 0 radical (unpaired) electrons. The van der Waals surface area contributed by atoms with Gasteiger partial charge in [0.25, 0.3) is 0 Å². The summed E-state index contributed by atoms with van der Waals surface area (Å²) in [6.07, 6.45) is 1.86. The quantitative estimate of drug-likeness (QED) is 0.855. The van der Waals surface area contributed by atoms with Crippen molar-refractivity contribution >= 4 is 23.2 Å². The van der Waals surface area contributed by atoms with Crippen molar-refractivity contribution in [1.29, 1.82) is 0 Å². The van der Waals surface area contributed by atoms with Gasteiger partial charge >= 0.3 is 0 Å².